The summed E-state index contributed by atoms with van der Waals surface area (Å²) in [7, 11) is 0.300. The molecule has 0 aliphatic carbocycles. The van der Waals surface area contributed by atoms with Crippen LogP contribution in [0.5, 0.6) is 0 Å². The first-order valence-electron chi connectivity index (χ1n) is 3.32. The molecule has 0 fully saturated rings. The van der Waals surface area contributed by atoms with Gasteiger partial charge in [-0.3, -0.25) is 10.1 Å². The van der Waals surface area contributed by atoms with Crippen LogP contribution in [0.1, 0.15) is 0 Å². The Bertz CT molecular complexity index is 530. The van der Waals surface area contributed by atoms with E-state index in [1.165, 1.54) is 0 Å². The van der Waals surface area contributed by atoms with Crippen molar-refractivity contribution in [1.82, 2.24) is 0 Å². The van der Waals surface area contributed by atoms with Crippen molar-refractivity contribution in [3.05, 3.63) is 33.9 Å². The number of hydrogen-bond donors (Lipinski definition) is 0. The van der Waals surface area contributed by atoms with Crippen LogP contribution in [0, 0.1) is 21.7 Å². The number of nitrogens with zero attached hydrogens (tertiary/aromatic N) is 1. The van der Waals surface area contributed by atoms with Crippen molar-refractivity contribution >= 4 is 25.4 Å². The van der Waals surface area contributed by atoms with E-state index >= 15 is 0 Å². The van der Waals surface area contributed by atoms with Gasteiger partial charge in [-0.15, -0.1) is 0 Å². The summed E-state index contributed by atoms with van der Waals surface area (Å²) in [5, 5.41) is 10.2. The van der Waals surface area contributed by atoms with E-state index in [9.17, 15) is 27.3 Å². The lowest BCUT2D eigenvalue weighted by Crippen LogP contribution is -2.02. The van der Waals surface area contributed by atoms with Gasteiger partial charge in [0.2, 0.25) is 11.6 Å². The van der Waals surface area contributed by atoms with Gasteiger partial charge in [0.15, 0.2) is 0 Å². The van der Waals surface area contributed by atoms with Crippen molar-refractivity contribution < 1.29 is 22.1 Å². The molecule has 0 unspecified atom stereocenters. The van der Waals surface area contributed by atoms with Gasteiger partial charge in [0.25, 0.3) is 9.05 Å². The zero-order valence-electron chi connectivity index (χ0n) is 6.78. The average molecular weight is 258 g/mol. The Labute approximate surface area is 86.8 Å². The highest BCUT2D eigenvalue weighted by Crippen LogP contribution is 2.28. The van der Waals surface area contributed by atoms with Crippen LogP contribution >= 0.6 is 10.7 Å². The fourth-order valence-electron chi connectivity index (χ4n) is 0.878. The van der Waals surface area contributed by atoms with E-state index < -0.39 is 36.2 Å². The molecule has 1 aromatic rings. The number of benzene rings is 1. The summed E-state index contributed by atoms with van der Waals surface area (Å²) in [4.78, 5) is 7.72. The van der Waals surface area contributed by atoms with Crippen LogP contribution in [0.15, 0.2) is 17.0 Å². The largest absolute Gasteiger partial charge is 0.341 e. The number of nitro groups is 1. The molecule has 1 rings (SSSR count). The highest BCUT2D eigenvalue weighted by Gasteiger charge is 2.28. The van der Waals surface area contributed by atoms with E-state index in [0.717, 1.165) is 0 Å². The Kier molecular flexibility index (Phi) is 2.91. The molecule has 0 spiro atoms. The molecule has 82 valence electrons. The smallest absolute Gasteiger partial charge is 0.258 e. The molecule has 0 N–H and O–H groups in total. The minimum Gasteiger partial charge on any atom is -0.258 e. The standard InChI is InChI=1S/C6H2ClF2NO4S/c7-15(13,14)4-2-1-3(8)6(5(4)9)10(11)12/h1-2H. The zero-order chi connectivity index (χ0) is 11.8. The van der Waals surface area contributed by atoms with Crippen molar-refractivity contribution in [3.63, 3.8) is 0 Å². The number of halogens is 3. The minimum atomic E-state index is -4.48. The Hall–Kier alpha value is -1.28. The first kappa shape index (κ1) is 11.8. The van der Waals surface area contributed by atoms with Crippen LogP contribution in [0.4, 0.5) is 14.5 Å². The molecular weight excluding hydrogens is 256 g/mol. The Morgan fingerprint density at radius 3 is 2.27 bits per heavy atom. The Balaban J connectivity index is 3.64. The fourth-order valence-corrected chi connectivity index (χ4v) is 1.78. The molecule has 15 heavy (non-hydrogen) atoms. The lowest BCUT2D eigenvalue weighted by molar-refractivity contribution is -0.390. The topological polar surface area (TPSA) is 77.3 Å². The summed E-state index contributed by atoms with van der Waals surface area (Å²) in [5.41, 5.74) is -1.54. The van der Waals surface area contributed by atoms with E-state index in [4.69, 9.17) is 10.7 Å². The molecule has 0 saturated heterocycles. The summed E-state index contributed by atoms with van der Waals surface area (Å²) >= 11 is 0. The van der Waals surface area contributed by atoms with Gasteiger partial charge in [-0.05, 0) is 12.1 Å². The third kappa shape index (κ3) is 2.21. The van der Waals surface area contributed by atoms with Crippen LogP contribution in [0.2, 0.25) is 0 Å². The highest BCUT2D eigenvalue weighted by molar-refractivity contribution is 8.13. The quantitative estimate of drug-likeness (QED) is 0.460. The van der Waals surface area contributed by atoms with Crippen molar-refractivity contribution in [2.24, 2.45) is 0 Å². The second-order valence-electron chi connectivity index (χ2n) is 2.40. The third-order valence-electron chi connectivity index (χ3n) is 1.48. The molecule has 0 aliphatic rings. The number of hydrogen-bond acceptors (Lipinski definition) is 4. The molecule has 0 heterocycles. The molecular formula is C6H2ClF2NO4S. The fraction of sp³-hybridized carbons (Fsp3) is 0. The molecule has 0 saturated carbocycles. The van der Waals surface area contributed by atoms with Gasteiger partial charge in [0.1, 0.15) is 4.90 Å². The molecule has 5 nitrogen and oxygen atoms in total. The van der Waals surface area contributed by atoms with E-state index in [1.807, 2.05) is 0 Å². The van der Waals surface area contributed by atoms with Gasteiger partial charge in [-0.25, -0.2) is 8.42 Å². The molecule has 0 aliphatic heterocycles. The molecule has 0 amide bonds. The summed E-state index contributed by atoms with van der Waals surface area (Å²) < 4.78 is 47.3. The van der Waals surface area contributed by atoms with Crippen LogP contribution < -0.4 is 0 Å². The van der Waals surface area contributed by atoms with Gasteiger partial charge in [-0.2, -0.15) is 8.78 Å². The maximum atomic E-state index is 13.1. The molecule has 1 aromatic carbocycles. The van der Waals surface area contributed by atoms with E-state index in [0.29, 0.717) is 12.1 Å². The lowest BCUT2D eigenvalue weighted by Gasteiger charge is -2.00. The SMILES string of the molecule is O=[N+]([O-])c1c(F)ccc(S(=O)(=O)Cl)c1F. The van der Waals surface area contributed by atoms with Crippen LogP contribution in [-0.2, 0) is 9.05 Å². The highest BCUT2D eigenvalue weighted by atomic mass is 35.7. The van der Waals surface area contributed by atoms with Gasteiger partial charge in [-0.1, -0.05) is 0 Å². The number of rotatable bonds is 2. The monoisotopic (exact) mass is 257 g/mol. The number of nitro benzene ring substituents is 1. The first-order chi connectivity index (χ1) is 6.75. The van der Waals surface area contributed by atoms with Gasteiger partial charge < -0.3 is 0 Å². The predicted octanol–water partition coefficient (Wildman–Crippen LogP) is 1.80. The molecule has 0 bridgehead atoms. The Morgan fingerprint density at radius 2 is 1.87 bits per heavy atom. The normalized spacial score (nSPS) is 11.4. The predicted molar refractivity (Wildman–Crippen MR) is 46.1 cm³/mol. The van der Waals surface area contributed by atoms with E-state index in [-0.39, 0.29) is 0 Å². The second-order valence-corrected chi connectivity index (χ2v) is 4.94. The average Bonchev–Trinajstić information content (AvgIpc) is 2.00. The minimum absolute atomic E-state index is 0.455. The van der Waals surface area contributed by atoms with Crippen LogP contribution in [0.25, 0.3) is 0 Å². The van der Waals surface area contributed by atoms with Crippen molar-refractivity contribution in [3.8, 4) is 0 Å². The first-order valence-corrected chi connectivity index (χ1v) is 5.63. The maximum Gasteiger partial charge on any atom is 0.341 e. The van der Waals surface area contributed by atoms with Crippen molar-refractivity contribution in [1.29, 1.82) is 0 Å². The third-order valence-corrected chi connectivity index (χ3v) is 2.82. The summed E-state index contributed by atoms with van der Waals surface area (Å²) in [5.74, 6) is -3.28. The summed E-state index contributed by atoms with van der Waals surface area (Å²) in [6, 6.07) is 0.969. The summed E-state index contributed by atoms with van der Waals surface area (Å²) in [6.45, 7) is 0. The second kappa shape index (κ2) is 3.70. The van der Waals surface area contributed by atoms with Gasteiger partial charge in [0, 0.05) is 10.7 Å². The summed E-state index contributed by atoms with van der Waals surface area (Å²) in [6.07, 6.45) is 0. The molecule has 0 aromatic heterocycles. The van der Waals surface area contributed by atoms with Gasteiger partial charge in [0.05, 0.1) is 4.92 Å². The van der Waals surface area contributed by atoms with Gasteiger partial charge >= 0.3 is 5.69 Å². The van der Waals surface area contributed by atoms with Crippen LogP contribution in [-0.4, -0.2) is 13.3 Å². The van der Waals surface area contributed by atoms with E-state index in [1.54, 1.807) is 0 Å². The molecule has 0 radical (unpaired) electrons. The van der Waals surface area contributed by atoms with Crippen molar-refractivity contribution in [2.75, 3.05) is 0 Å². The van der Waals surface area contributed by atoms with Crippen molar-refractivity contribution in [2.45, 2.75) is 4.90 Å². The molecule has 0 atom stereocenters. The Morgan fingerprint density at radius 1 is 1.33 bits per heavy atom. The van der Waals surface area contributed by atoms with E-state index in [2.05, 4.69) is 0 Å². The zero-order valence-corrected chi connectivity index (χ0v) is 8.35. The maximum absolute atomic E-state index is 13.1. The molecule has 9 heteroatoms. The lowest BCUT2D eigenvalue weighted by atomic mass is 10.3. The van der Waals surface area contributed by atoms with Crippen LogP contribution in [0.3, 0.4) is 0 Å².